The van der Waals surface area contributed by atoms with E-state index in [1.807, 2.05) is 13.8 Å². The van der Waals surface area contributed by atoms with Crippen LogP contribution >= 0.6 is 0 Å². The molecular formula is C12H23NO2. The third-order valence-electron chi connectivity index (χ3n) is 3.25. The quantitative estimate of drug-likeness (QED) is 0.746. The van der Waals surface area contributed by atoms with Crippen LogP contribution in [-0.2, 0) is 4.79 Å². The molecule has 0 bridgehead atoms. The molecule has 2 N–H and O–H groups in total. The number of rotatable bonds is 4. The van der Waals surface area contributed by atoms with E-state index in [1.54, 1.807) is 0 Å². The lowest BCUT2D eigenvalue weighted by atomic mass is 9.84. The number of aliphatic hydroxyl groups excluding tert-OH is 1. The number of amides is 1. The van der Waals surface area contributed by atoms with E-state index in [4.69, 9.17) is 5.11 Å². The van der Waals surface area contributed by atoms with Gasteiger partial charge in [0.15, 0.2) is 0 Å². The molecule has 0 unspecified atom stereocenters. The highest BCUT2D eigenvalue weighted by atomic mass is 16.3. The van der Waals surface area contributed by atoms with Crippen molar-refractivity contribution in [1.82, 2.24) is 5.32 Å². The second kappa shape index (κ2) is 6.11. The third-order valence-corrected chi connectivity index (χ3v) is 3.25. The molecule has 0 aromatic heterocycles. The van der Waals surface area contributed by atoms with E-state index >= 15 is 0 Å². The van der Waals surface area contributed by atoms with E-state index in [0.29, 0.717) is 18.6 Å². The lowest BCUT2D eigenvalue weighted by molar-refractivity contribution is -0.125. The monoisotopic (exact) mass is 213 g/mol. The molecule has 1 saturated carbocycles. The van der Waals surface area contributed by atoms with Crippen LogP contribution in [0.1, 0.15) is 46.0 Å². The molecule has 0 heterocycles. The molecule has 0 radical (unpaired) electrons. The van der Waals surface area contributed by atoms with E-state index in [9.17, 15) is 4.79 Å². The predicted molar refractivity (Wildman–Crippen MR) is 60.4 cm³/mol. The fourth-order valence-electron chi connectivity index (χ4n) is 2.15. The van der Waals surface area contributed by atoms with Crippen LogP contribution in [0, 0.1) is 11.8 Å². The molecule has 3 nitrogen and oxygen atoms in total. The zero-order chi connectivity index (χ0) is 11.3. The van der Waals surface area contributed by atoms with Crippen molar-refractivity contribution in [3.8, 4) is 0 Å². The van der Waals surface area contributed by atoms with Gasteiger partial charge in [0.2, 0.25) is 5.91 Å². The largest absolute Gasteiger partial charge is 0.396 e. The van der Waals surface area contributed by atoms with E-state index in [-0.39, 0.29) is 11.8 Å². The Hall–Kier alpha value is -0.570. The highest BCUT2D eigenvalue weighted by Crippen LogP contribution is 2.26. The summed E-state index contributed by atoms with van der Waals surface area (Å²) in [7, 11) is 0. The van der Waals surface area contributed by atoms with Gasteiger partial charge in [-0.05, 0) is 38.0 Å². The van der Waals surface area contributed by atoms with Gasteiger partial charge >= 0.3 is 0 Å². The number of hydrogen-bond acceptors (Lipinski definition) is 2. The van der Waals surface area contributed by atoms with Gasteiger partial charge < -0.3 is 10.4 Å². The summed E-state index contributed by atoms with van der Waals surface area (Å²) in [6.45, 7) is 4.15. The van der Waals surface area contributed by atoms with Gasteiger partial charge in [-0.25, -0.2) is 0 Å². The van der Waals surface area contributed by atoms with Crippen LogP contribution in [-0.4, -0.2) is 23.7 Å². The SMILES string of the molecule is CC(C)C(=O)NC1CCC(CCO)CC1. The van der Waals surface area contributed by atoms with Crippen molar-refractivity contribution in [1.29, 1.82) is 0 Å². The molecule has 1 rings (SSSR count). The lowest BCUT2D eigenvalue weighted by Gasteiger charge is -2.29. The predicted octanol–water partition coefficient (Wildman–Crippen LogP) is 1.70. The Balaban J connectivity index is 2.22. The topological polar surface area (TPSA) is 49.3 Å². The van der Waals surface area contributed by atoms with Gasteiger partial charge in [-0.1, -0.05) is 13.8 Å². The van der Waals surface area contributed by atoms with E-state index in [2.05, 4.69) is 5.32 Å². The Morgan fingerprint density at radius 2 is 1.93 bits per heavy atom. The zero-order valence-corrected chi connectivity index (χ0v) is 9.83. The molecule has 88 valence electrons. The molecule has 1 fully saturated rings. The Kier molecular flexibility index (Phi) is 5.09. The molecule has 1 aliphatic carbocycles. The fraction of sp³-hybridized carbons (Fsp3) is 0.917. The summed E-state index contributed by atoms with van der Waals surface area (Å²) in [5.74, 6) is 0.919. The first-order valence-corrected chi connectivity index (χ1v) is 6.04. The minimum Gasteiger partial charge on any atom is -0.396 e. The molecule has 3 heteroatoms. The summed E-state index contributed by atoms with van der Waals surface area (Å²) in [4.78, 5) is 11.5. The second-order valence-corrected chi connectivity index (χ2v) is 4.89. The first kappa shape index (κ1) is 12.5. The average molecular weight is 213 g/mol. The number of carbonyl (C=O) groups excluding carboxylic acids is 1. The number of nitrogens with one attached hydrogen (secondary N) is 1. The molecule has 0 aliphatic heterocycles. The summed E-state index contributed by atoms with van der Waals surface area (Å²) >= 11 is 0. The van der Waals surface area contributed by atoms with E-state index in [1.165, 1.54) is 0 Å². The maximum Gasteiger partial charge on any atom is 0.222 e. The third kappa shape index (κ3) is 4.20. The van der Waals surface area contributed by atoms with E-state index < -0.39 is 0 Å². The lowest BCUT2D eigenvalue weighted by Crippen LogP contribution is -2.39. The van der Waals surface area contributed by atoms with Crippen LogP contribution in [0.25, 0.3) is 0 Å². The zero-order valence-electron chi connectivity index (χ0n) is 9.83. The van der Waals surface area contributed by atoms with Crippen molar-refractivity contribution in [3.63, 3.8) is 0 Å². The Morgan fingerprint density at radius 3 is 2.40 bits per heavy atom. The average Bonchev–Trinajstić information content (AvgIpc) is 2.21. The van der Waals surface area contributed by atoms with Gasteiger partial charge in [-0.3, -0.25) is 4.79 Å². The van der Waals surface area contributed by atoms with Gasteiger partial charge in [0, 0.05) is 18.6 Å². The van der Waals surface area contributed by atoms with Crippen LogP contribution in [0.15, 0.2) is 0 Å². The molecule has 1 aliphatic rings. The minimum absolute atomic E-state index is 0.0835. The standard InChI is InChI=1S/C12H23NO2/c1-9(2)12(15)13-11-5-3-10(4-6-11)7-8-14/h9-11,14H,3-8H2,1-2H3,(H,13,15). The van der Waals surface area contributed by atoms with Gasteiger partial charge in [-0.15, -0.1) is 0 Å². The molecule has 0 atom stereocenters. The number of hydrogen-bond donors (Lipinski definition) is 2. The minimum atomic E-state index is 0.0835. The summed E-state index contributed by atoms with van der Waals surface area (Å²) < 4.78 is 0. The van der Waals surface area contributed by atoms with Crippen molar-refractivity contribution < 1.29 is 9.90 Å². The van der Waals surface area contributed by atoms with Crippen molar-refractivity contribution in [2.24, 2.45) is 11.8 Å². The smallest absolute Gasteiger partial charge is 0.222 e. The molecule has 0 aromatic rings. The molecule has 15 heavy (non-hydrogen) atoms. The van der Waals surface area contributed by atoms with Crippen LogP contribution in [0.3, 0.4) is 0 Å². The fourth-order valence-corrected chi connectivity index (χ4v) is 2.15. The summed E-state index contributed by atoms with van der Waals surface area (Å²) in [6, 6.07) is 0.370. The molecule has 0 spiro atoms. The highest BCUT2D eigenvalue weighted by Gasteiger charge is 2.22. The van der Waals surface area contributed by atoms with Crippen LogP contribution in [0.2, 0.25) is 0 Å². The Bertz CT molecular complexity index is 196. The Morgan fingerprint density at radius 1 is 1.33 bits per heavy atom. The van der Waals surface area contributed by atoms with Gasteiger partial charge in [0.25, 0.3) is 0 Å². The number of aliphatic hydroxyl groups is 1. The molecule has 1 amide bonds. The molecular weight excluding hydrogens is 190 g/mol. The Labute approximate surface area is 92.3 Å². The van der Waals surface area contributed by atoms with Gasteiger partial charge in [-0.2, -0.15) is 0 Å². The first-order valence-electron chi connectivity index (χ1n) is 6.04. The van der Waals surface area contributed by atoms with Crippen LogP contribution in [0.4, 0.5) is 0 Å². The maximum absolute atomic E-state index is 11.5. The highest BCUT2D eigenvalue weighted by molar-refractivity contribution is 5.78. The van der Waals surface area contributed by atoms with Crippen LogP contribution < -0.4 is 5.32 Å². The maximum atomic E-state index is 11.5. The van der Waals surface area contributed by atoms with Crippen molar-refractivity contribution in [2.75, 3.05) is 6.61 Å². The van der Waals surface area contributed by atoms with Crippen LogP contribution in [0.5, 0.6) is 0 Å². The molecule has 0 saturated heterocycles. The van der Waals surface area contributed by atoms with Gasteiger partial charge in [0.1, 0.15) is 0 Å². The van der Waals surface area contributed by atoms with Crippen molar-refractivity contribution in [2.45, 2.75) is 52.0 Å². The van der Waals surface area contributed by atoms with Gasteiger partial charge in [0.05, 0.1) is 0 Å². The summed E-state index contributed by atoms with van der Waals surface area (Å²) in [6.07, 6.45) is 5.35. The number of carbonyl (C=O) groups is 1. The van der Waals surface area contributed by atoms with Crippen molar-refractivity contribution >= 4 is 5.91 Å². The summed E-state index contributed by atoms with van der Waals surface area (Å²) in [5, 5.41) is 11.9. The van der Waals surface area contributed by atoms with Crippen molar-refractivity contribution in [3.05, 3.63) is 0 Å². The normalized spacial score (nSPS) is 26.7. The second-order valence-electron chi connectivity index (χ2n) is 4.89. The first-order chi connectivity index (χ1) is 7.13. The summed E-state index contributed by atoms with van der Waals surface area (Å²) in [5.41, 5.74) is 0. The van der Waals surface area contributed by atoms with E-state index in [0.717, 1.165) is 32.1 Å². The molecule has 0 aromatic carbocycles.